The topological polar surface area (TPSA) is 46.3 Å². The lowest BCUT2D eigenvalue weighted by atomic mass is 9.72. The number of fused-ring (bicyclic) bond motifs is 1. The Morgan fingerprint density at radius 1 is 1.32 bits per heavy atom. The van der Waals surface area contributed by atoms with Gasteiger partial charge in [-0.3, -0.25) is 4.79 Å². The molecule has 110 valence electrons. The van der Waals surface area contributed by atoms with Crippen molar-refractivity contribution in [3.05, 3.63) is 0 Å². The van der Waals surface area contributed by atoms with Gasteiger partial charge < -0.3 is 10.6 Å². The number of piperidine rings is 1. The predicted molar refractivity (Wildman–Crippen MR) is 78.7 cm³/mol. The fourth-order valence-electron chi connectivity index (χ4n) is 3.88. The molecule has 19 heavy (non-hydrogen) atoms. The van der Waals surface area contributed by atoms with E-state index in [0.29, 0.717) is 6.04 Å². The van der Waals surface area contributed by atoms with Crippen molar-refractivity contribution in [2.24, 2.45) is 23.5 Å². The lowest BCUT2D eigenvalue weighted by molar-refractivity contribution is -0.141. The second-order valence-corrected chi connectivity index (χ2v) is 6.72. The monoisotopic (exact) mass is 266 g/mol. The number of hydrogen-bond acceptors (Lipinski definition) is 2. The van der Waals surface area contributed by atoms with E-state index in [4.69, 9.17) is 5.73 Å². The molecule has 3 heteroatoms. The second-order valence-electron chi connectivity index (χ2n) is 6.72. The Hall–Kier alpha value is -0.570. The number of rotatable bonds is 3. The summed E-state index contributed by atoms with van der Waals surface area (Å²) in [6.07, 6.45) is 7.23. The summed E-state index contributed by atoms with van der Waals surface area (Å²) in [5.41, 5.74) is 6.17. The molecule has 1 aliphatic carbocycles. The van der Waals surface area contributed by atoms with Gasteiger partial charge in [0, 0.05) is 12.6 Å². The maximum absolute atomic E-state index is 12.7. The number of nitrogens with zero attached hydrogens (tertiary/aromatic N) is 1. The van der Waals surface area contributed by atoms with Crippen LogP contribution in [0.3, 0.4) is 0 Å². The molecule has 2 fully saturated rings. The first-order chi connectivity index (χ1) is 9.06. The van der Waals surface area contributed by atoms with E-state index in [-0.39, 0.29) is 17.9 Å². The zero-order chi connectivity index (χ0) is 14.0. The molecule has 2 aliphatic rings. The summed E-state index contributed by atoms with van der Waals surface area (Å²) < 4.78 is 0. The van der Waals surface area contributed by atoms with Gasteiger partial charge in [-0.15, -0.1) is 0 Å². The van der Waals surface area contributed by atoms with Crippen LogP contribution in [0.1, 0.15) is 59.3 Å². The van der Waals surface area contributed by atoms with Gasteiger partial charge in [-0.1, -0.05) is 40.0 Å². The van der Waals surface area contributed by atoms with Crippen molar-refractivity contribution in [1.82, 2.24) is 4.90 Å². The summed E-state index contributed by atoms with van der Waals surface area (Å²) in [4.78, 5) is 14.8. The molecule has 0 radical (unpaired) electrons. The molecule has 0 bridgehead atoms. The number of amides is 1. The Bertz CT molecular complexity index is 318. The Morgan fingerprint density at radius 3 is 2.68 bits per heavy atom. The highest BCUT2D eigenvalue weighted by atomic mass is 16.2. The smallest absolute Gasteiger partial charge is 0.240 e. The molecule has 1 aliphatic heterocycles. The first-order valence-corrected chi connectivity index (χ1v) is 8.12. The van der Waals surface area contributed by atoms with Crippen LogP contribution in [0.2, 0.25) is 0 Å². The molecule has 0 aromatic rings. The molecule has 2 rings (SSSR count). The number of carbonyl (C=O) groups is 1. The maximum atomic E-state index is 12.7. The van der Waals surface area contributed by atoms with E-state index < -0.39 is 0 Å². The van der Waals surface area contributed by atoms with E-state index in [1.807, 2.05) is 0 Å². The van der Waals surface area contributed by atoms with Gasteiger partial charge in [-0.2, -0.15) is 0 Å². The Balaban J connectivity index is 2.08. The van der Waals surface area contributed by atoms with Crippen LogP contribution in [0.25, 0.3) is 0 Å². The molecule has 1 amide bonds. The molecule has 1 saturated heterocycles. The molecule has 3 nitrogen and oxygen atoms in total. The second kappa shape index (κ2) is 6.25. The standard InChI is InChI=1S/C16H30N2O/c1-4-11(2)15(17)16(19)18-10-9-12(3)13-7-5-6-8-14(13)18/h11-15H,4-10,17H2,1-3H3/t11?,12?,13?,14?,15-/m0/s1. The van der Waals surface area contributed by atoms with E-state index in [9.17, 15) is 4.79 Å². The van der Waals surface area contributed by atoms with Gasteiger partial charge in [-0.25, -0.2) is 0 Å². The van der Waals surface area contributed by atoms with Crippen molar-refractivity contribution in [3.8, 4) is 0 Å². The highest BCUT2D eigenvalue weighted by Gasteiger charge is 2.40. The molecule has 0 aromatic heterocycles. The molecule has 0 spiro atoms. The van der Waals surface area contributed by atoms with Crippen LogP contribution in [0, 0.1) is 17.8 Å². The Kier molecular flexibility index (Phi) is 4.88. The average Bonchev–Trinajstić information content (AvgIpc) is 2.45. The molecule has 0 aromatic carbocycles. The normalized spacial score (nSPS) is 34.5. The number of hydrogen-bond donors (Lipinski definition) is 1. The lowest BCUT2D eigenvalue weighted by Gasteiger charge is -2.48. The first-order valence-electron chi connectivity index (χ1n) is 8.12. The third-order valence-electron chi connectivity index (χ3n) is 5.56. The van der Waals surface area contributed by atoms with Crippen molar-refractivity contribution in [3.63, 3.8) is 0 Å². The SMILES string of the molecule is CCC(C)[C@H](N)C(=O)N1CCC(C)C2CCCCC21. The number of likely N-dealkylation sites (tertiary alicyclic amines) is 1. The van der Waals surface area contributed by atoms with E-state index >= 15 is 0 Å². The maximum Gasteiger partial charge on any atom is 0.240 e. The quantitative estimate of drug-likeness (QED) is 0.854. The van der Waals surface area contributed by atoms with Crippen LogP contribution in [-0.4, -0.2) is 29.4 Å². The van der Waals surface area contributed by atoms with E-state index in [1.165, 1.54) is 25.7 Å². The molecular formula is C16H30N2O. The summed E-state index contributed by atoms with van der Waals surface area (Å²) in [6.45, 7) is 7.48. The van der Waals surface area contributed by atoms with Crippen LogP contribution in [0.15, 0.2) is 0 Å². The van der Waals surface area contributed by atoms with Gasteiger partial charge in [0.15, 0.2) is 0 Å². The van der Waals surface area contributed by atoms with Crippen LogP contribution < -0.4 is 5.73 Å². The molecule has 1 saturated carbocycles. The molecule has 4 unspecified atom stereocenters. The third kappa shape index (κ3) is 2.96. The Labute approximate surface area is 117 Å². The van der Waals surface area contributed by atoms with Crippen molar-refractivity contribution >= 4 is 5.91 Å². The third-order valence-corrected chi connectivity index (χ3v) is 5.56. The van der Waals surface area contributed by atoms with E-state index in [1.54, 1.807) is 0 Å². The van der Waals surface area contributed by atoms with Crippen molar-refractivity contribution < 1.29 is 4.79 Å². The summed E-state index contributed by atoms with van der Waals surface area (Å²) in [5, 5.41) is 0. The van der Waals surface area contributed by atoms with Crippen LogP contribution >= 0.6 is 0 Å². The average molecular weight is 266 g/mol. The summed E-state index contributed by atoms with van der Waals surface area (Å²) in [7, 11) is 0. The van der Waals surface area contributed by atoms with Gasteiger partial charge in [0.2, 0.25) is 5.91 Å². The van der Waals surface area contributed by atoms with Crippen LogP contribution in [0.5, 0.6) is 0 Å². The highest BCUT2D eigenvalue weighted by molar-refractivity contribution is 5.82. The number of nitrogens with two attached hydrogens (primary N) is 1. The molecule has 2 N–H and O–H groups in total. The van der Waals surface area contributed by atoms with Crippen molar-refractivity contribution in [2.75, 3.05) is 6.54 Å². The van der Waals surface area contributed by atoms with E-state index in [2.05, 4.69) is 25.7 Å². The highest BCUT2D eigenvalue weighted by Crippen LogP contribution is 2.39. The van der Waals surface area contributed by atoms with Gasteiger partial charge in [-0.05, 0) is 37.0 Å². The fourth-order valence-corrected chi connectivity index (χ4v) is 3.88. The minimum absolute atomic E-state index is 0.207. The predicted octanol–water partition coefficient (Wildman–Crippen LogP) is 2.79. The largest absolute Gasteiger partial charge is 0.338 e. The minimum atomic E-state index is -0.305. The van der Waals surface area contributed by atoms with E-state index in [0.717, 1.165) is 31.2 Å². The van der Waals surface area contributed by atoms with Gasteiger partial charge in [0.1, 0.15) is 0 Å². The van der Waals surface area contributed by atoms with Gasteiger partial charge in [0.05, 0.1) is 6.04 Å². The zero-order valence-electron chi connectivity index (χ0n) is 12.8. The van der Waals surface area contributed by atoms with Crippen molar-refractivity contribution in [1.29, 1.82) is 0 Å². The van der Waals surface area contributed by atoms with Gasteiger partial charge in [0.25, 0.3) is 0 Å². The van der Waals surface area contributed by atoms with Crippen molar-refractivity contribution in [2.45, 2.75) is 71.4 Å². The Morgan fingerprint density at radius 2 is 2.00 bits per heavy atom. The molecule has 5 atom stereocenters. The van der Waals surface area contributed by atoms with Crippen LogP contribution in [0.4, 0.5) is 0 Å². The first kappa shape index (κ1) is 14.8. The van der Waals surface area contributed by atoms with Crippen LogP contribution in [-0.2, 0) is 4.79 Å². The number of carbonyl (C=O) groups excluding carboxylic acids is 1. The minimum Gasteiger partial charge on any atom is -0.338 e. The molecule has 1 heterocycles. The fraction of sp³-hybridized carbons (Fsp3) is 0.938. The summed E-state index contributed by atoms with van der Waals surface area (Å²) in [5.74, 6) is 1.98. The zero-order valence-corrected chi connectivity index (χ0v) is 12.8. The molecular weight excluding hydrogens is 236 g/mol. The summed E-state index contributed by atoms with van der Waals surface area (Å²) in [6, 6.07) is 0.168. The summed E-state index contributed by atoms with van der Waals surface area (Å²) >= 11 is 0. The van der Waals surface area contributed by atoms with Gasteiger partial charge >= 0.3 is 0 Å². The lowest BCUT2D eigenvalue weighted by Crippen LogP contribution is -2.57.